The van der Waals surface area contributed by atoms with Gasteiger partial charge >= 0.3 is 0 Å². The Hall–Kier alpha value is -1.51. The van der Waals surface area contributed by atoms with Gasteiger partial charge in [-0.1, -0.05) is 38.5 Å². The lowest BCUT2D eigenvalue weighted by Gasteiger charge is -2.23. The third kappa shape index (κ3) is 4.99. The zero-order chi connectivity index (χ0) is 16.6. The van der Waals surface area contributed by atoms with E-state index in [4.69, 9.17) is 9.47 Å². The Kier molecular flexibility index (Phi) is 6.57. The number of benzene rings is 1. The quantitative estimate of drug-likeness (QED) is 0.626. The van der Waals surface area contributed by atoms with E-state index in [0.717, 1.165) is 25.2 Å². The van der Waals surface area contributed by atoms with Crippen molar-refractivity contribution in [3.8, 4) is 11.5 Å². The Labute approximate surface area is 145 Å². The summed E-state index contributed by atoms with van der Waals surface area (Å²) in [5.74, 6) is 2.79. The minimum atomic E-state index is 0.604. The van der Waals surface area contributed by atoms with Crippen LogP contribution < -0.4 is 9.47 Å². The van der Waals surface area contributed by atoms with Crippen LogP contribution in [-0.4, -0.2) is 19.5 Å². The highest BCUT2D eigenvalue weighted by Gasteiger charge is 2.16. The molecular formula is C21H30O3. The number of rotatable bonds is 7. The summed E-state index contributed by atoms with van der Waals surface area (Å²) in [6, 6.07) is 5.65. The largest absolute Gasteiger partial charge is 0.493 e. The van der Waals surface area contributed by atoms with Crippen molar-refractivity contribution in [2.45, 2.75) is 64.2 Å². The Balaban J connectivity index is 1.52. The first-order valence-electron chi connectivity index (χ1n) is 9.70. The van der Waals surface area contributed by atoms with Crippen LogP contribution in [0.15, 0.2) is 18.2 Å². The highest BCUT2D eigenvalue weighted by Crippen LogP contribution is 2.29. The molecule has 0 aromatic heterocycles. The van der Waals surface area contributed by atoms with Crippen molar-refractivity contribution in [1.29, 1.82) is 0 Å². The first-order chi connectivity index (χ1) is 11.8. The molecule has 0 saturated heterocycles. The van der Waals surface area contributed by atoms with Crippen LogP contribution in [0.5, 0.6) is 11.5 Å². The summed E-state index contributed by atoms with van der Waals surface area (Å²) < 4.78 is 11.9. The number of aldehydes is 1. The second kappa shape index (κ2) is 9.10. The van der Waals surface area contributed by atoms with Crippen LogP contribution in [0.25, 0.3) is 0 Å². The number of carbonyl (C=O) groups is 1. The first kappa shape index (κ1) is 17.3. The molecule has 0 atom stereocenters. The maximum absolute atomic E-state index is 11.4. The zero-order valence-electron chi connectivity index (χ0n) is 14.7. The van der Waals surface area contributed by atoms with Crippen LogP contribution in [0, 0.1) is 11.8 Å². The summed E-state index contributed by atoms with van der Waals surface area (Å²) in [5.41, 5.74) is 0.604. The van der Waals surface area contributed by atoms with E-state index in [0.29, 0.717) is 23.1 Å². The predicted octanol–water partition coefficient (Wildman–Crippen LogP) is 5.42. The van der Waals surface area contributed by atoms with Gasteiger partial charge in [0.1, 0.15) is 11.5 Å². The molecule has 3 heteroatoms. The van der Waals surface area contributed by atoms with Gasteiger partial charge in [0, 0.05) is 0 Å². The molecule has 0 bridgehead atoms. The van der Waals surface area contributed by atoms with Crippen molar-refractivity contribution in [1.82, 2.24) is 0 Å². The highest BCUT2D eigenvalue weighted by molar-refractivity contribution is 5.80. The molecule has 0 aliphatic heterocycles. The van der Waals surface area contributed by atoms with Crippen LogP contribution in [0.2, 0.25) is 0 Å². The standard InChI is InChI=1S/C21H30O3/c22-14-19-13-20(23-15-17-7-3-1-4-8-17)11-12-21(19)24-16-18-9-5-2-6-10-18/h11-14,17-18H,1-10,15-16H2. The van der Waals surface area contributed by atoms with Gasteiger partial charge in [0.05, 0.1) is 18.8 Å². The monoisotopic (exact) mass is 330 g/mol. The summed E-state index contributed by atoms with van der Waals surface area (Å²) in [5, 5.41) is 0. The minimum Gasteiger partial charge on any atom is -0.493 e. The van der Waals surface area contributed by atoms with Crippen molar-refractivity contribution >= 4 is 6.29 Å². The number of carbonyl (C=O) groups excluding carboxylic acids is 1. The van der Waals surface area contributed by atoms with Crippen molar-refractivity contribution < 1.29 is 14.3 Å². The van der Waals surface area contributed by atoms with Gasteiger partial charge in [-0.15, -0.1) is 0 Å². The number of hydrogen-bond donors (Lipinski definition) is 0. The predicted molar refractivity (Wildman–Crippen MR) is 96.0 cm³/mol. The molecule has 0 N–H and O–H groups in total. The molecule has 0 spiro atoms. The van der Waals surface area contributed by atoms with E-state index >= 15 is 0 Å². The average Bonchev–Trinajstić information content (AvgIpc) is 2.66. The number of ether oxygens (including phenoxy) is 2. The Morgan fingerprint density at radius 3 is 2.00 bits per heavy atom. The molecule has 0 amide bonds. The molecular weight excluding hydrogens is 300 g/mol. The van der Waals surface area contributed by atoms with Crippen molar-refractivity contribution in [3.05, 3.63) is 23.8 Å². The molecule has 2 fully saturated rings. The lowest BCUT2D eigenvalue weighted by Crippen LogP contribution is -2.16. The molecule has 3 nitrogen and oxygen atoms in total. The summed E-state index contributed by atoms with van der Waals surface area (Å²) in [6.45, 7) is 1.49. The molecule has 2 aliphatic rings. The van der Waals surface area contributed by atoms with Crippen LogP contribution in [0.4, 0.5) is 0 Å². The van der Waals surface area contributed by atoms with E-state index in [-0.39, 0.29) is 0 Å². The maximum Gasteiger partial charge on any atom is 0.153 e. The zero-order valence-corrected chi connectivity index (χ0v) is 14.7. The summed E-state index contributed by atoms with van der Waals surface area (Å²) in [6.07, 6.45) is 13.9. The first-order valence-corrected chi connectivity index (χ1v) is 9.70. The fraction of sp³-hybridized carbons (Fsp3) is 0.667. The molecule has 3 rings (SSSR count). The maximum atomic E-state index is 11.4. The normalized spacial score (nSPS) is 19.8. The second-order valence-corrected chi connectivity index (χ2v) is 7.45. The van der Waals surface area contributed by atoms with Crippen molar-refractivity contribution in [3.63, 3.8) is 0 Å². The third-order valence-electron chi connectivity index (χ3n) is 5.52. The molecule has 2 aliphatic carbocycles. The van der Waals surface area contributed by atoms with Crippen LogP contribution in [0.1, 0.15) is 74.6 Å². The molecule has 2 saturated carbocycles. The second-order valence-electron chi connectivity index (χ2n) is 7.45. The lowest BCUT2D eigenvalue weighted by molar-refractivity contribution is 0.111. The fourth-order valence-corrected chi connectivity index (χ4v) is 3.97. The summed E-state index contributed by atoms with van der Waals surface area (Å²) >= 11 is 0. The van der Waals surface area contributed by atoms with Gasteiger partial charge in [0.2, 0.25) is 0 Å². The molecule has 1 aromatic carbocycles. The topological polar surface area (TPSA) is 35.5 Å². The molecule has 132 valence electrons. The van der Waals surface area contributed by atoms with Crippen LogP contribution >= 0.6 is 0 Å². The van der Waals surface area contributed by atoms with E-state index in [9.17, 15) is 4.79 Å². The molecule has 0 heterocycles. The highest BCUT2D eigenvalue weighted by atomic mass is 16.5. The van der Waals surface area contributed by atoms with Gasteiger partial charge in [-0.05, 0) is 55.7 Å². The Bertz CT molecular complexity index is 514. The van der Waals surface area contributed by atoms with E-state index in [1.807, 2.05) is 18.2 Å². The summed E-state index contributed by atoms with van der Waals surface area (Å²) in [7, 11) is 0. The van der Waals surface area contributed by atoms with Gasteiger partial charge in [-0.3, -0.25) is 4.79 Å². The minimum absolute atomic E-state index is 0.604. The van der Waals surface area contributed by atoms with Crippen molar-refractivity contribution in [2.75, 3.05) is 13.2 Å². The summed E-state index contributed by atoms with van der Waals surface area (Å²) in [4.78, 5) is 11.4. The Morgan fingerprint density at radius 1 is 0.833 bits per heavy atom. The molecule has 1 aromatic rings. The van der Waals surface area contributed by atoms with Gasteiger partial charge in [0.25, 0.3) is 0 Å². The van der Waals surface area contributed by atoms with E-state index in [1.165, 1.54) is 64.2 Å². The van der Waals surface area contributed by atoms with Gasteiger partial charge in [0.15, 0.2) is 6.29 Å². The van der Waals surface area contributed by atoms with E-state index < -0.39 is 0 Å². The van der Waals surface area contributed by atoms with Gasteiger partial charge in [-0.2, -0.15) is 0 Å². The molecule has 0 unspecified atom stereocenters. The van der Waals surface area contributed by atoms with Crippen LogP contribution in [-0.2, 0) is 0 Å². The average molecular weight is 330 g/mol. The fourth-order valence-electron chi connectivity index (χ4n) is 3.97. The molecule has 24 heavy (non-hydrogen) atoms. The van der Waals surface area contributed by atoms with Gasteiger partial charge in [-0.25, -0.2) is 0 Å². The third-order valence-corrected chi connectivity index (χ3v) is 5.52. The number of hydrogen-bond acceptors (Lipinski definition) is 3. The lowest BCUT2D eigenvalue weighted by atomic mass is 9.90. The van der Waals surface area contributed by atoms with Crippen LogP contribution in [0.3, 0.4) is 0 Å². The van der Waals surface area contributed by atoms with E-state index in [2.05, 4.69) is 0 Å². The smallest absolute Gasteiger partial charge is 0.153 e. The van der Waals surface area contributed by atoms with E-state index in [1.54, 1.807) is 0 Å². The Morgan fingerprint density at radius 2 is 1.42 bits per heavy atom. The van der Waals surface area contributed by atoms with Gasteiger partial charge < -0.3 is 9.47 Å². The SMILES string of the molecule is O=Cc1cc(OCC2CCCCC2)ccc1OCC1CCCCC1. The molecule has 0 radical (unpaired) electrons. The van der Waals surface area contributed by atoms with Crippen molar-refractivity contribution in [2.24, 2.45) is 11.8 Å².